The number of allylic oxidation sites excluding steroid dienone is 2. The Morgan fingerprint density at radius 3 is 3.21 bits per heavy atom. The maximum Gasteiger partial charge on any atom is 0.0921 e. The topological polar surface area (TPSA) is 9.23 Å². The third kappa shape index (κ3) is 1.55. The lowest BCUT2D eigenvalue weighted by molar-refractivity contribution is -0.00973. The molecule has 0 spiro atoms. The van der Waals surface area contributed by atoms with Crippen molar-refractivity contribution in [3.8, 4) is 0 Å². The maximum absolute atomic E-state index is 6.15. The van der Waals surface area contributed by atoms with E-state index < -0.39 is 0 Å². The van der Waals surface area contributed by atoms with Gasteiger partial charge >= 0.3 is 0 Å². The van der Waals surface area contributed by atoms with Gasteiger partial charge in [0.1, 0.15) is 0 Å². The van der Waals surface area contributed by atoms with E-state index in [2.05, 4.69) is 30.0 Å². The van der Waals surface area contributed by atoms with Crippen LogP contribution >= 0.6 is 11.8 Å². The van der Waals surface area contributed by atoms with Crippen LogP contribution in [-0.2, 0) is 4.74 Å². The molecule has 2 aliphatic carbocycles. The van der Waals surface area contributed by atoms with Crippen LogP contribution in [0.3, 0.4) is 0 Å². The van der Waals surface area contributed by atoms with Crippen molar-refractivity contribution in [3.05, 3.63) is 23.1 Å². The first-order valence-corrected chi connectivity index (χ1v) is 6.50. The van der Waals surface area contributed by atoms with Crippen LogP contribution in [0.2, 0.25) is 0 Å². The van der Waals surface area contributed by atoms with E-state index in [4.69, 9.17) is 4.74 Å². The van der Waals surface area contributed by atoms with Gasteiger partial charge in [0, 0.05) is 10.2 Å². The Bertz CT molecular complexity index is 282. The van der Waals surface area contributed by atoms with E-state index in [1.807, 2.05) is 0 Å². The lowest BCUT2D eigenvalue weighted by atomic mass is 9.96. The van der Waals surface area contributed by atoms with Crippen LogP contribution in [0.4, 0.5) is 0 Å². The van der Waals surface area contributed by atoms with Crippen LogP contribution < -0.4 is 0 Å². The fourth-order valence-corrected chi connectivity index (χ4v) is 4.01. The van der Waals surface area contributed by atoms with Gasteiger partial charge in [0.2, 0.25) is 0 Å². The second-order valence-corrected chi connectivity index (χ2v) is 5.65. The van der Waals surface area contributed by atoms with Crippen LogP contribution in [0.15, 0.2) is 23.1 Å². The SMILES string of the molecule is C1=CCC2OC3CCCCC3SC2=C1. The normalized spacial score (nSPS) is 41.1. The van der Waals surface area contributed by atoms with Crippen LogP contribution in [0.1, 0.15) is 32.1 Å². The minimum atomic E-state index is 0.393. The molecule has 1 saturated carbocycles. The van der Waals surface area contributed by atoms with Gasteiger partial charge in [-0.1, -0.05) is 31.1 Å². The van der Waals surface area contributed by atoms with Gasteiger partial charge in [-0.3, -0.25) is 0 Å². The van der Waals surface area contributed by atoms with Crippen molar-refractivity contribution >= 4 is 11.8 Å². The van der Waals surface area contributed by atoms with Gasteiger partial charge in [0.25, 0.3) is 0 Å². The molecule has 1 saturated heterocycles. The van der Waals surface area contributed by atoms with Crippen molar-refractivity contribution in [1.82, 2.24) is 0 Å². The van der Waals surface area contributed by atoms with Gasteiger partial charge in [-0.25, -0.2) is 0 Å². The molecule has 0 amide bonds. The van der Waals surface area contributed by atoms with Crippen LogP contribution in [0, 0.1) is 0 Å². The van der Waals surface area contributed by atoms with Crippen LogP contribution in [-0.4, -0.2) is 17.5 Å². The summed E-state index contributed by atoms with van der Waals surface area (Å²) < 4.78 is 6.15. The first-order chi connectivity index (χ1) is 6.93. The van der Waals surface area contributed by atoms with E-state index in [1.165, 1.54) is 30.6 Å². The Hall–Kier alpha value is -0.210. The zero-order chi connectivity index (χ0) is 9.38. The molecule has 0 aromatic carbocycles. The number of fused-ring (bicyclic) bond motifs is 2. The fraction of sp³-hybridized carbons (Fsp3) is 0.667. The Morgan fingerprint density at radius 2 is 2.21 bits per heavy atom. The van der Waals surface area contributed by atoms with Crippen molar-refractivity contribution in [1.29, 1.82) is 0 Å². The van der Waals surface area contributed by atoms with Crippen LogP contribution in [0.25, 0.3) is 0 Å². The zero-order valence-electron chi connectivity index (χ0n) is 8.32. The predicted molar refractivity (Wildman–Crippen MR) is 60.3 cm³/mol. The summed E-state index contributed by atoms with van der Waals surface area (Å²) in [5, 5.41) is 0.748. The summed E-state index contributed by atoms with van der Waals surface area (Å²) in [5.74, 6) is 0. The molecule has 0 aromatic heterocycles. The molecule has 2 fully saturated rings. The highest BCUT2D eigenvalue weighted by Crippen LogP contribution is 2.43. The highest BCUT2D eigenvalue weighted by molar-refractivity contribution is 8.03. The number of hydrogen-bond donors (Lipinski definition) is 0. The van der Waals surface area contributed by atoms with Gasteiger partial charge < -0.3 is 4.74 Å². The molecule has 0 radical (unpaired) electrons. The maximum atomic E-state index is 6.15. The quantitative estimate of drug-likeness (QED) is 0.604. The van der Waals surface area contributed by atoms with Gasteiger partial charge in [-0.05, 0) is 19.3 Å². The Kier molecular flexibility index (Phi) is 2.42. The Labute approximate surface area is 89.6 Å². The van der Waals surface area contributed by atoms with Gasteiger partial charge in [-0.15, -0.1) is 11.8 Å². The smallest absolute Gasteiger partial charge is 0.0921 e. The molecule has 1 aliphatic heterocycles. The molecule has 14 heavy (non-hydrogen) atoms. The number of ether oxygens (including phenoxy) is 1. The standard InChI is InChI=1S/C12H16OS/c1-3-7-11-9(5-1)13-10-6-2-4-8-12(10)14-11/h1,3,7,9-10,12H,2,4-6,8H2. The first-order valence-electron chi connectivity index (χ1n) is 5.62. The summed E-state index contributed by atoms with van der Waals surface area (Å²) in [6.07, 6.45) is 14.0. The average Bonchev–Trinajstić information content (AvgIpc) is 2.26. The second-order valence-electron chi connectivity index (χ2n) is 4.34. The molecule has 1 heterocycles. The van der Waals surface area contributed by atoms with Gasteiger partial charge in [-0.2, -0.15) is 0 Å². The molecule has 2 heteroatoms. The van der Waals surface area contributed by atoms with Crippen molar-refractivity contribution in [3.63, 3.8) is 0 Å². The van der Waals surface area contributed by atoms with E-state index >= 15 is 0 Å². The molecule has 0 N–H and O–H groups in total. The van der Waals surface area contributed by atoms with E-state index in [9.17, 15) is 0 Å². The van der Waals surface area contributed by atoms with Crippen molar-refractivity contribution in [2.45, 2.75) is 49.6 Å². The van der Waals surface area contributed by atoms with Gasteiger partial charge in [0.15, 0.2) is 0 Å². The Morgan fingerprint density at radius 1 is 1.29 bits per heavy atom. The molecule has 3 rings (SSSR count). The van der Waals surface area contributed by atoms with Crippen molar-refractivity contribution in [2.75, 3.05) is 0 Å². The molecule has 3 atom stereocenters. The minimum Gasteiger partial charge on any atom is -0.368 e. The molecule has 0 bridgehead atoms. The van der Waals surface area contributed by atoms with E-state index in [0.29, 0.717) is 12.2 Å². The largest absolute Gasteiger partial charge is 0.368 e. The zero-order valence-corrected chi connectivity index (χ0v) is 9.13. The summed E-state index contributed by atoms with van der Waals surface area (Å²) in [6.45, 7) is 0. The van der Waals surface area contributed by atoms with E-state index in [0.717, 1.165) is 11.7 Å². The Balaban J connectivity index is 1.78. The highest BCUT2D eigenvalue weighted by atomic mass is 32.2. The molecule has 0 aromatic rings. The van der Waals surface area contributed by atoms with Gasteiger partial charge in [0.05, 0.1) is 12.2 Å². The first kappa shape index (κ1) is 9.05. The summed E-state index contributed by atoms with van der Waals surface area (Å²) in [4.78, 5) is 1.47. The summed E-state index contributed by atoms with van der Waals surface area (Å²) in [5.41, 5.74) is 0. The van der Waals surface area contributed by atoms with E-state index in [-0.39, 0.29) is 0 Å². The highest BCUT2D eigenvalue weighted by Gasteiger charge is 2.36. The number of hydrogen-bond acceptors (Lipinski definition) is 2. The van der Waals surface area contributed by atoms with E-state index in [1.54, 1.807) is 0 Å². The molecular weight excluding hydrogens is 192 g/mol. The molecule has 76 valence electrons. The number of thioether (sulfide) groups is 1. The number of rotatable bonds is 0. The summed E-state index contributed by atoms with van der Waals surface area (Å²) in [6, 6.07) is 0. The monoisotopic (exact) mass is 208 g/mol. The lowest BCUT2D eigenvalue weighted by Crippen LogP contribution is -2.39. The third-order valence-corrected chi connectivity index (χ3v) is 4.85. The molecule has 1 nitrogen and oxygen atoms in total. The fourth-order valence-electron chi connectivity index (χ4n) is 2.57. The second kappa shape index (κ2) is 3.74. The lowest BCUT2D eigenvalue weighted by Gasteiger charge is -2.40. The third-order valence-electron chi connectivity index (χ3n) is 3.33. The summed E-state index contributed by atoms with van der Waals surface area (Å²) in [7, 11) is 0. The van der Waals surface area contributed by atoms with Crippen molar-refractivity contribution in [2.24, 2.45) is 0 Å². The molecular formula is C12H16OS. The minimum absolute atomic E-state index is 0.393. The van der Waals surface area contributed by atoms with Crippen LogP contribution in [0.5, 0.6) is 0 Å². The average molecular weight is 208 g/mol. The molecule has 3 unspecified atom stereocenters. The molecule has 3 aliphatic rings. The predicted octanol–water partition coefficient (Wildman–Crippen LogP) is 3.27. The van der Waals surface area contributed by atoms with Crippen molar-refractivity contribution < 1.29 is 4.74 Å². The summed E-state index contributed by atoms with van der Waals surface area (Å²) >= 11 is 2.08.